The first-order valence-electron chi connectivity index (χ1n) is 9.45. The summed E-state index contributed by atoms with van der Waals surface area (Å²) in [6.07, 6.45) is 1.81. The number of rotatable bonds is 14. The summed E-state index contributed by atoms with van der Waals surface area (Å²) in [4.78, 5) is 4.89. The van der Waals surface area contributed by atoms with E-state index in [4.69, 9.17) is 13.3 Å². The predicted molar refractivity (Wildman–Crippen MR) is 106 cm³/mol. The van der Waals surface area contributed by atoms with E-state index in [1.54, 1.807) is 21.3 Å². The van der Waals surface area contributed by atoms with Gasteiger partial charge in [0.1, 0.15) is 8.07 Å². The molecule has 0 aromatic carbocycles. The van der Waals surface area contributed by atoms with Gasteiger partial charge in [-0.1, -0.05) is 6.04 Å². The Morgan fingerprint density at radius 1 is 0.692 bits per heavy atom. The normalized spacial score (nSPS) is 17.8. The fourth-order valence-electron chi connectivity index (χ4n) is 3.38. The average Bonchev–Trinajstić information content (AvgIpc) is 2.70. The third kappa shape index (κ3) is 7.26. The molecule has 156 valence electrons. The fourth-order valence-corrected chi connectivity index (χ4v) is 6.76. The maximum Gasteiger partial charge on any atom is 0.500 e. The van der Waals surface area contributed by atoms with Crippen molar-refractivity contribution in [1.29, 1.82) is 0 Å². The van der Waals surface area contributed by atoms with Crippen LogP contribution in [0.1, 0.15) is 12.8 Å². The van der Waals surface area contributed by atoms with Crippen molar-refractivity contribution in [3.63, 3.8) is 0 Å². The minimum absolute atomic E-state index is 0.0387. The maximum atomic E-state index is 9.44. The Labute approximate surface area is 160 Å². The fraction of sp³-hybridized carbons (Fsp3) is 1.00. The third-order valence-corrected chi connectivity index (χ3v) is 11.8. The first-order chi connectivity index (χ1) is 12.5. The van der Waals surface area contributed by atoms with E-state index in [9.17, 15) is 15.3 Å². The van der Waals surface area contributed by atoms with Gasteiger partial charge in [0.15, 0.2) is 0 Å². The highest BCUT2D eigenvalue weighted by Crippen LogP contribution is 2.16. The van der Waals surface area contributed by atoms with E-state index >= 15 is 0 Å². The van der Waals surface area contributed by atoms with Crippen molar-refractivity contribution in [2.45, 2.75) is 24.9 Å². The van der Waals surface area contributed by atoms with Crippen molar-refractivity contribution >= 4 is 16.9 Å². The van der Waals surface area contributed by atoms with Crippen molar-refractivity contribution in [2.24, 2.45) is 0 Å². The van der Waals surface area contributed by atoms with Crippen LogP contribution in [0, 0.1) is 0 Å². The van der Waals surface area contributed by atoms with Gasteiger partial charge < -0.3 is 38.4 Å². The van der Waals surface area contributed by atoms with Crippen LogP contribution in [0.2, 0.25) is 12.1 Å². The summed E-state index contributed by atoms with van der Waals surface area (Å²) in [6, 6.07) is 1.60. The highest BCUT2D eigenvalue weighted by atomic mass is 28.4. The van der Waals surface area contributed by atoms with Crippen LogP contribution >= 0.6 is 0 Å². The first kappa shape index (κ1) is 24.2. The summed E-state index contributed by atoms with van der Waals surface area (Å²) in [5, 5.41) is 28.3. The van der Waals surface area contributed by atoms with E-state index in [0.717, 1.165) is 64.2 Å². The Morgan fingerprint density at radius 2 is 1.08 bits per heavy atom. The van der Waals surface area contributed by atoms with Crippen LogP contribution in [0.15, 0.2) is 0 Å². The first-order valence-corrected chi connectivity index (χ1v) is 14.2. The lowest BCUT2D eigenvalue weighted by Gasteiger charge is -2.35. The van der Waals surface area contributed by atoms with Crippen LogP contribution in [-0.2, 0) is 13.3 Å². The molecule has 0 aliphatic carbocycles. The van der Waals surface area contributed by atoms with Crippen molar-refractivity contribution < 1.29 is 28.6 Å². The van der Waals surface area contributed by atoms with Gasteiger partial charge in [-0.2, -0.15) is 0 Å². The van der Waals surface area contributed by atoms with Crippen molar-refractivity contribution in [1.82, 2.24) is 9.80 Å². The maximum absolute atomic E-state index is 9.44. The number of hydrogen-bond acceptors (Lipinski definition) is 8. The number of aliphatic hydroxyl groups is 3. The average molecular weight is 411 g/mol. The lowest BCUT2D eigenvalue weighted by Crippen LogP contribution is -2.50. The predicted octanol–water partition coefficient (Wildman–Crippen LogP) is -0.694. The van der Waals surface area contributed by atoms with Gasteiger partial charge in [0.2, 0.25) is 0 Å². The number of hydrogen-bond donors (Lipinski definition) is 3. The van der Waals surface area contributed by atoms with Crippen LogP contribution < -0.4 is 0 Å². The molecule has 0 saturated carbocycles. The molecule has 3 N–H and O–H groups in total. The van der Waals surface area contributed by atoms with Gasteiger partial charge in [-0.3, -0.25) is 0 Å². The molecule has 10 heteroatoms. The van der Waals surface area contributed by atoms with Gasteiger partial charge in [-0.15, -0.1) is 0 Å². The molecule has 1 saturated heterocycles. The highest BCUT2D eigenvalue weighted by molar-refractivity contribution is 6.79. The lowest BCUT2D eigenvalue weighted by molar-refractivity contribution is 0.114. The van der Waals surface area contributed by atoms with Crippen LogP contribution in [0.5, 0.6) is 0 Å². The number of aliphatic hydroxyl groups excluding tert-OH is 3. The summed E-state index contributed by atoms with van der Waals surface area (Å²) in [6.45, 7) is 6.15. The Hall–Kier alpha value is 0.114. The number of nitrogens with zero attached hydrogens (tertiary/aromatic N) is 2. The molecule has 8 nitrogen and oxygen atoms in total. The Bertz CT molecular complexity index is 314. The molecule has 0 amide bonds. The molecule has 0 bridgehead atoms. The van der Waals surface area contributed by atoms with Crippen molar-refractivity contribution in [3.8, 4) is 0 Å². The Balaban J connectivity index is 2.22. The molecular formula is C16H38N2O6Si2. The quantitative estimate of drug-likeness (QED) is 0.324. The zero-order valence-electron chi connectivity index (χ0n) is 16.7. The molecule has 0 spiro atoms. The summed E-state index contributed by atoms with van der Waals surface area (Å²) in [5.41, 5.74) is 0. The smallest absolute Gasteiger partial charge is 0.399 e. The van der Waals surface area contributed by atoms with Gasteiger partial charge in [-0.25, -0.2) is 0 Å². The second kappa shape index (κ2) is 12.5. The zero-order valence-corrected chi connectivity index (χ0v) is 18.7. The van der Waals surface area contributed by atoms with Gasteiger partial charge in [0, 0.05) is 72.2 Å². The largest absolute Gasteiger partial charge is 0.500 e. The summed E-state index contributed by atoms with van der Waals surface area (Å²) in [7, 11) is 0.237. The van der Waals surface area contributed by atoms with E-state index in [1.165, 1.54) is 0 Å². The highest BCUT2D eigenvalue weighted by Gasteiger charge is 2.37. The van der Waals surface area contributed by atoms with E-state index in [0.29, 0.717) is 0 Å². The van der Waals surface area contributed by atoms with Crippen LogP contribution in [-0.4, -0.2) is 121 Å². The third-order valence-electron chi connectivity index (χ3n) is 5.54. The Kier molecular flexibility index (Phi) is 11.7. The minimum atomic E-state index is -2.46. The van der Waals surface area contributed by atoms with Gasteiger partial charge in [0.05, 0.1) is 0 Å². The van der Waals surface area contributed by atoms with Gasteiger partial charge in [-0.05, 0) is 25.9 Å². The van der Waals surface area contributed by atoms with Crippen molar-refractivity contribution in [3.05, 3.63) is 0 Å². The molecule has 0 radical (unpaired) electrons. The molecular weight excluding hydrogens is 372 g/mol. The van der Waals surface area contributed by atoms with E-state index in [1.807, 2.05) is 0 Å². The van der Waals surface area contributed by atoms with Crippen LogP contribution in [0.3, 0.4) is 0 Å². The molecule has 1 rings (SSSR count). The minimum Gasteiger partial charge on any atom is -0.399 e. The topological polar surface area (TPSA) is 94.9 Å². The van der Waals surface area contributed by atoms with E-state index in [2.05, 4.69) is 9.80 Å². The zero-order chi connectivity index (χ0) is 19.5. The van der Waals surface area contributed by atoms with Crippen LogP contribution in [0.25, 0.3) is 0 Å². The lowest BCUT2D eigenvalue weighted by atomic mass is 10.3. The van der Waals surface area contributed by atoms with Crippen LogP contribution in [0.4, 0.5) is 0 Å². The second-order valence-corrected chi connectivity index (χ2v) is 14.7. The molecule has 1 heterocycles. The summed E-state index contributed by atoms with van der Waals surface area (Å²) < 4.78 is 16.4. The number of piperazine rings is 1. The van der Waals surface area contributed by atoms with Gasteiger partial charge >= 0.3 is 8.80 Å². The van der Waals surface area contributed by atoms with Crippen molar-refractivity contribution in [2.75, 3.05) is 79.3 Å². The molecule has 0 unspecified atom stereocenters. The SMILES string of the molecule is CO[Si](CCCN1CCN(CCC[Si](CO)(CO)CO)CC1)(OC)OC. The molecule has 0 aromatic rings. The molecule has 1 aliphatic heterocycles. The molecule has 0 atom stereocenters. The van der Waals surface area contributed by atoms with Gasteiger partial charge in [0.25, 0.3) is 0 Å². The second-order valence-electron chi connectivity index (χ2n) is 7.16. The van der Waals surface area contributed by atoms with E-state index in [-0.39, 0.29) is 18.7 Å². The summed E-state index contributed by atoms with van der Waals surface area (Å²) >= 11 is 0. The molecule has 1 fully saturated rings. The summed E-state index contributed by atoms with van der Waals surface area (Å²) in [5.74, 6) is 0. The Morgan fingerprint density at radius 3 is 1.42 bits per heavy atom. The molecule has 1 aliphatic rings. The standard InChI is InChI=1S/C16H38N2O6Si2/c1-22-26(23-2,24-3)13-5-7-18-10-8-17(9-11-18)6-4-12-25(14-19,15-20)16-21/h19-21H,4-16H2,1-3H3. The van der Waals surface area contributed by atoms with E-state index < -0.39 is 16.9 Å². The molecule has 0 aromatic heterocycles. The monoisotopic (exact) mass is 410 g/mol. The molecule has 26 heavy (non-hydrogen) atoms.